The fourth-order valence-corrected chi connectivity index (χ4v) is 3.08. The van der Waals surface area contributed by atoms with Crippen LogP contribution < -0.4 is 5.32 Å². The van der Waals surface area contributed by atoms with Crippen molar-refractivity contribution in [3.8, 4) is 0 Å². The van der Waals surface area contributed by atoms with E-state index in [0.717, 1.165) is 27.7 Å². The summed E-state index contributed by atoms with van der Waals surface area (Å²) in [5.74, 6) is 0.00597. The molecule has 2 heterocycles. The number of hydrogen-bond donors (Lipinski definition) is 1. The molecule has 108 valence electrons. The Kier molecular flexibility index (Phi) is 4.54. The summed E-state index contributed by atoms with van der Waals surface area (Å²) in [5.41, 5.74) is 1.90. The van der Waals surface area contributed by atoms with E-state index in [2.05, 4.69) is 22.3 Å². The lowest BCUT2D eigenvalue weighted by Gasteiger charge is -2.17. The summed E-state index contributed by atoms with van der Waals surface area (Å²) in [6.07, 6.45) is 2.92. The number of rotatable bonds is 5. The molecule has 1 unspecified atom stereocenters. The number of hydrogen-bond acceptors (Lipinski definition) is 4. The quantitative estimate of drug-likeness (QED) is 0.920. The van der Waals surface area contributed by atoms with Crippen LogP contribution in [0.15, 0.2) is 12.3 Å². The van der Waals surface area contributed by atoms with Crippen LogP contribution in [-0.4, -0.2) is 20.7 Å². The lowest BCUT2D eigenvalue weighted by Crippen LogP contribution is -2.31. The van der Waals surface area contributed by atoms with Crippen molar-refractivity contribution in [1.82, 2.24) is 20.1 Å². The minimum atomic E-state index is -0.00459. The summed E-state index contributed by atoms with van der Waals surface area (Å²) in [7, 11) is 1.89. The first-order valence-electron chi connectivity index (χ1n) is 6.71. The van der Waals surface area contributed by atoms with Crippen LogP contribution in [-0.2, 0) is 18.3 Å². The van der Waals surface area contributed by atoms with E-state index in [1.165, 1.54) is 0 Å². The molecule has 0 bridgehead atoms. The fourth-order valence-electron chi connectivity index (χ4n) is 2.24. The molecule has 5 nitrogen and oxygen atoms in total. The van der Waals surface area contributed by atoms with Crippen molar-refractivity contribution in [3.63, 3.8) is 0 Å². The molecular weight excluding hydrogens is 272 g/mol. The first-order chi connectivity index (χ1) is 9.51. The van der Waals surface area contributed by atoms with Gasteiger partial charge in [0.25, 0.3) is 0 Å². The number of aromatic nitrogens is 3. The molecule has 0 spiro atoms. The first kappa shape index (κ1) is 14.7. The molecular formula is C14H20N4OS. The molecule has 0 saturated heterocycles. The number of carbonyl (C=O) groups is 1. The minimum absolute atomic E-state index is 0.00459. The van der Waals surface area contributed by atoms with Gasteiger partial charge in [-0.05, 0) is 26.3 Å². The Morgan fingerprint density at radius 2 is 2.25 bits per heavy atom. The number of amides is 1. The molecule has 2 aromatic heterocycles. The zero-order valence-corrected chi connectivity index (χ0v) is 13.1. The molecule has 0 aromatic carbocycles. The van der Waals surface area contributed by atoms with E-state index in [-0.39, 0.29) is 11.9 Å². The van der Waals surface area contributed by atoms with Crippen LogP contribution in [0.25, 0.3) is 0 Å². The molecule has 0 aliphatic heterocycles. The molecule has 1 atom stereocenters. The second-order valence-electron chi connectivity index (χ2n) is 4.82. The third kappa shape index (κ3) is 3.25. The number of aryl methyl sites for hydroxylation is 3. The van der Waals surface area contributed by atoms with Gasteiger partial charge < -0.3 is 5.32 Å². The van der Waals surface area contributed by atoms with E-state index in [0.29, 0.717) is 6.42 Å². The third-order valence-electron chi connectivity index (χ3n) is 3.29. The second kappa shape index (κ2) is 6.17. The Bertz CT molecular complexity index is 602. The standard InChI is InChI=1S/C14H20N4OS/c1-5-11(13-6-7-15-18(13)4)17-14(19)8-12-9(2)20-10(3)16-12/h6-7,11H,5,8H2,1-4H3,(H,17,19). The maximum atomic E-state index is 12.2. The highest BCUT2D eigenvalue weighted by Gasteiger charge is 2.17. The largest absolute Gasteiger partial charge is 0.347 e. The lowest BCUT2D eigenvalue weighted by molar-refractivity contribution is -0.121. The Labute approximate surface area is 123 Å². The normalized spacial score (nSPS) is 12.4. The van der Waals surface area contributed by atoms with Gasteiger partial charge in [-0.2, -0.15) is 5.10 Å². The van der Waals surface area contributed by atoms with Gasteiger partial charge in [0.2, 0.25) is 5.91 Å². The first-order valence-corrected chi connectivity index (χ1v) is 7.53. The Morgan fingerprint density at radius 3 is 2.75 bits per heavy atom. The monoisotopic (exact) mass is 292 g/mol. The van der Waals surface area contributed by atoms with Crippen molar-refractivity contribution < 1.29 is 4.79 Å². The van der Waals surface area contributed by atoms with Gasteiger partial charge in [0.05, 0.1) is 28.9 Å². The molecule has 2 aromatic rings. The van der Waals surface area contributed by atoms with Crippen LogP contribution in [0.2, 0.25) is 0 Å². The Hall–Kier alpha value is -1.69. The summed E-state index contributed by atoms with van der Waals surface area (Å²) < 4.78 is 1.80. The van der Waals surface area contributed by atoms with E-state index >= 15 is 0 Å². The summed E-state index contributed by atoms with van der Waals surface area (Å²) in [5, 5.41) is 8.21. The summed E-state index contributed by atoms with van der Waals surface area (Å²) >= 11 is 1.63. The minimum Gasteiger partial charge on any atom is -0.347 e. The predicted molar refractivity (Wildman–Crippen MR) is 79.7 cm³/mol. The van der Waals surface area contributed by atoms with E-state index in [1.807, 2.05) is 27.0 Å². The number of carbonyl (C=O) groups excluding carboxylic acids is 1. The summed E-state index contributed by atoms with van der Waals surface area (Å²) in [6, 6.07) is 1.93. The van der Waals surface area contributed by atoms with Crippen molar-refractivity contribution in [2.24, 2.45) is 7.05 Å². The summed E-state index contributed by atoms with van der Waals surface area (Å²) in [4.78, 5) is 17.7. The van der Waals surface area contributed by atoms with Crippen LogP contribution in [0.5, 0.6) is 0 Å². The van der Waals surface area contributed by atoms with Gasteiger partial charge in [-0.25, -0.2) is 4.98 Å². The van der Waals surface area contributed by atoms with Crippen LogP contribution in [0, 0.1) is 13.8 Å². The third-order valence-corrected chi connectivity index (χ3v) is 4.22. The zero-order chi connectivity index (χ0) is 14.7. The molecule has 2 rings (SSSR count). The molecule has 0 saturated carbocycles. The van der Waals surface area contributed by atoms with Crippen molar-refractivity contribution >= 4 is 17.2 Å². The molecule has 0 fully saturated rings. The molecule has 1 amide bonds. The lowest BCUT2D eigenvalue weighted by atomic mass is 10.1. The maximum absolute atomic E-state index is 12.2. The highest BCUT2D eigenvalue weighted by atomic mass is 32.1. The van der Waals surface area contributed by atoms with Crippen LogP contribution >= 0.6 is 11.3 Å². The van der Waals surface area contributed by atoms with Crippen LogP contribution in [0.3, 0.4) is 0 Å². The number of thiazole rings is 1. The number of nitrogens with one attached hydrogen (secondary N) is 1. The zero-order valence-electron chi connectivity index (χ0n) is 12.3. The van der Waals surface area contributed by atoms with Crippen molar-refractivity contribution in [1.29, 1.82) is 0 Å². The Balaban J connectivity index is 2.03. The number of nitrogens with zero attached hydrogens (tertiary/aromatic N) is 3. The highest BCUT2D eigenvalue weighted by molar-refractivity contribution is 7.11. The highest BCUT2D eigenvalue weighted by Crippen LogP contribution is 2.18. The van der Waals surface area contributed by atoms with Crippen molar-refractivity contribution in [2.45, 2.75) is 39.7 Å². The summed E-state index contributed by atoms with van der Waals surface area (Å²) in [6.45, 7) is 6.02. The van der Waals surface area contributed by atoms with E-state index in [9.17, 15) is 4.79 Å². The van der Waals surface area contributed by atoms with Crippen LogP contribution in [0.4, 0.5) is 0 Å². The molecule has 0 aliphatic carbocycles. The SMILES string of the molecule is CCC(NC(=O)Cc1nc(C)sc1C)c1ccnn1C. The van der Waals surface area contributed by atoms with E-state index in [1.54, 1.807) is 22.2 Å². The molecule has 20 heavy (non-hydrogen) atoms. The average molecular weight is 292 g/mol. The molecule has 0 radical (unpaired) electrons. The van der Waals surface area contributed by atoms with Crippen molar-refractivity contribution in [2.75, 3.05) is 0 Å². The second-order valence-corrected chi connectivity index (χ2v) is 6.23. The van der Waals surface area contributed by atoms with E-state index in [4.69, 9.17) is 0 Å². The van der Waals surface area contributed by atoms with Gasteiger partial charge in [0.1, 0.15) is 0 Å². The topological polar surface area (TPSA) is 59.8 Å². The van der Waals surface area contributed by atoms with Gasteiger partial charge in [-0.3, -0.25) is 9.48 Å². The van der Waals surface area contributed by atoms with Gasteiger partial charge in [0, 0.05) is 18.1 Å². The fraction of sp³-hybridized carbons (Fsp3) is 0.500. The maximum Gasteiger partial charge on any atom is 0.226 e. The van der Waals surface area contributed by atoms with E-state index < -0.39 is 0 Å². The smallest absolute Gasteiger partial charge is 0.226 e. The average Bonchev–Trinajstić information content (AvgIpc) is 2.93. The van der Waals surface area contributed by atoms with Crippen LogP contribution in [0.1, 0.15) is 40.7 Å². The molecule has 6 heteroatoms. The molecule has 1 N–H and O–H groups in total. The predicted octanol–water partition coefficient (Wildman–Crippen LogP) is 2.30. The van der Waals surface area contributed by atoms with Gasteiger partial charge in [-0.1, -0.05) is 6.92 Å². The van der Waals surface area contributed by atoms with Gasteiger partial charge >= 0.3 is 0 Å². The molecule has 0 aliphatic rings. The van der Waals surface area contributed by atoms with Gasteiger partial charge in [0.15, 0.2) is 0 Å². The van der Waals surface area contributed by atoms with Crippen molar-refractivity contribution in [3.05, 3.63) is 33.5 Å². The van der Waals surface area contributed by atoms with Gasteiger partial charge in [-0.15, -0.1) is 11.3 Å². The Morgan fingerprint density at radius 1 is 1.50 bits per heavy atom.